The highest BCUT2D eigenvalue weighted by atomic mass is 19.1. The van der Waals surface area contributed by atoms with Crippen molar-refractivity contribution in [3.63, 3.8) is 0 Å². The third-order valence-corrected chi connectivity index (χ3v) is 3.53. The zero-order valence-electron chi connectivity index (χ0n) is 11.6. The fourth-order valence-corrected chi connectivity index (χ4v) is 2.32. The van der Waals surface area contributed by atoms with Crippen LogP contribution in [0.3, 0.4) is 0 Å². The van der Waals surface area contributed by atoms with Crippen LogP contribution in [0.25, 0.3) is 0 Å². The lowest BCUT2D eigenvalue weighted by Gasteiger charge is -2.34. The van der Waals surface area contributed by atoms with Crippen LogP contribution in [0.1, 0.15) is 23.3 Å². The number of rotatable bonds is 5. The van der Waals surface area contributed by atoms with Gasteiger partial charge in [0.05, 0.1) is 6.20 Å². The van der Waals surface area contributed by atoms with Crippen molar-refractivity contribution in [3.8, 4) is 0 Å². The molecule has 1 aliphatic heterocycles. The molecule has 0 aromatic carbocycles. The Morgan fingerprint density at radius 1 is 1.25 bits per heavy atom. The van der Waals surface area contributed by atoms with Gasteiger partial charge in [0.1, 0.15) is 11.5 Å². The first-order valence-corrected chi connectivity index (χ1v) is 7.04. The Bertz CT molecular complexity index is 429. The quantitative estimate of drug-likeness (QED) is 0.807. The second-order valence-corrected chi connectivity index (χ2v) is 4.99. The molecule has 0 bridgehead atoms. The number of piperazine rings is 1. The average Bonchev–Trinajstić information content (AvgIpc) is 2.48. The van der Waals surface area contributed by atoms with Crippen LogP contribution in [0.2, 0.25) is 0 Å². The summed E-state index contributed by atoms with van der Waals surface area (Å²) in [4.78, 5) is 20.1. The standard InChI is InChI=1S/C14H21FN4O/c15-12-3-4-13(17-11-12)14(20)19-9-7-18(8-10-19)6-2-1-5-16/h3-4,11H,1-2,5-10,16H2. The zero-order valence-corrected chi connectivity index (χ0v) is 11.6. The second kappa shape index (κ2) is 7.31. The smallest absolute Gasteiger partial charge is 0.272 e. The number of amides is 1. The summed E-state index contributed by atoms with van der Waals surface area (Å²) in [6, 6.07) is 2.70. The van der Waals surface area contributed by atoms with Crippen LogP contribution in [-0.2, 0) is 0 Å². The third-order valence-electron chi connectivity index (χ3n) is 3.53. The molecular formula is C14H21FN4O. The first-order chi connectivity index (χ1) is 9.70. The van der Waals surface area contributed by atoms with Crippen molar-refractivity contribution in [2.24, 2.45) is 5.73 Å². The van der Waals surface area contributed by atoms with Gasteiger partial charge in [0.2, 0.25) is 0 Å². The highest BCUT2D eigenvalue weighted by Crippen LogP contribution is 2.08. The molecule has 0 unspecified atom stereocenters. The summed E-state index contributed by atoms with van der Waals surface area (Å²) in [7, 11) is 0. The Hall–Kier alpha value is -1.53. The fraction of sp³-hybridized carbons (Fsp3) is 0.571. The van der Waals surface area contributed by atoms with Gasteiger partial charge in [-0.2, -0.15) is 0 Å². The number of hydrogen-bond donors (Lipinski definition) is 1. The van der Waals surface area contributed by atoms with Crippen LogP contribution in [0.5, 0.6) is 0 Å². The minimum Gasteiger partial charge on any atom is -0.335 e. The molecule has 6 heteroatoms. The summed E-state index contributed by atoms with van der Waals surface area (Å²) in [6.45, 7) is 4.90. The van der Waals surface area contributed by atoms with E-state index in [4.69, 9.17) is 5.73 Å². The van der Waals surface area contributed by atoms with E-state index in [1.165, 1.54) is 12.1 Å². The van der Waals surface area contributed by atoms with Gasteiger partial charge in [-0.3, -0.25) is 9.69 Å². The van der Waals surface area contributed by atoms with Gasteiger partial charge in [-0.25, -0.2) is 9.37 Å². The van der Waals surface area contributed by atoms with Gasteiger partial charge in [-0.05, 0) is 38.1 Å². The number of carbonyl (C=O) groups excluding carboxylic acids is 1. The van der Waals surface area contributed by atoms with E-state index in [1.807, 2.05) is 0 Å². The summed E-state index contributed by atoms with van der Waals surface area (Å²) in [5.41, 5.74) is 5.78. The van der Waals surface area contributed by atoms with Crippen LogP contribution in [0.4, 0.5) is 4.39 Å². The molecule has 2 heterocycles. The van der Waals surface area contributed by atoms with E-state index in [1.54, 1.807) is 4.90 Å². The first kappa shape index (κ1) is 14.9. The zero-order chi connectivity index (χ0) is 14.4. The molecule has 0 radical (unpaired) electrons. The van der Waals surface area contributed by atoms with E-state index >= 15 is 0 Å². The van der Waals surface area contributed by atoms with Crippen molar-refractivity contribution >= 4 is 5.91 Å². The lowest BCUT2D eigenvalue weighted by Crippen LogP contribution is -2.49. The van der Waals surface area contributed by atoms with Gasteiger partial charge in [-0.1, -0.05) is 0 Å². The Morgan fingerprint density at radius 3 is 2.60 bits per heavy atom. The van der Waals surface area contributed by atoms with Crippen LogP contribution < -0.4 is 5.73 Å². The molecule has 1 fully saturated rings. The number of pyridine rings is 1. The minimum absolute atomic E-state index is 0.119. The Kier molecular flexibility index (Phi) is 5.43. The van der Waals surface area contributed by atoms with Crippen molar-refractivity contribution in [3.05, 3.63) is 29.8 Å². The molecule has 1 aromatic rings. The molecule has 2 N–H and O–H groups in total. The van der Waals surface area contributed by atoms with Gasteiger partial charge in [0.25, 0.3) is 5.91 Å². The predicted molar refractivity (Wildman–Crippen MR) is 74.8 cm³/mol. The summed E-state index contributed by atoms with van der Waals surface area (Å²) in [5, 5.41) is 0. The molecule has 0 atom stereocenters. The van der Waals surface area contributed by atoms with Crippen molar-refractivity contribution in [1.29, 1.82) is 0 Å². The van der Waals surface area contributed by atoms with Crippen molar-refractivity contribution < 1.29 is 9.18 Å². The molecular weight excluding hydrogens is 259 g/mol. The average molecular weight is 280 g/mol. The summed E-state index contributed by atoms with van der Waals surface area (Å²) in [6.07, 6.45) is 3.22. The second-order valence-electron chi connectivity index (χ2n) is 4.99. The summed E-state index contributed by atoms with van der Waals surface area (Å²) in [5.74, 6) is -0.544. The van der Waals surface area contributed by atoms with Crippen LogP contribution in [0.15, 0.2) is 18.3 Å². The molecule has 0 spiro atoms. The maximum Gasteiger partial charge on any atom is 0.272 e. The first-order valence-electron chi connectivity index (χ1n) is 7.04. The lowest BCUT2D eigenvalue weighted by atomic mass is 10.2. The monoisotopic (exact) mass is 280 g/mol. The Labute approximate surface area is 118 Å². The minimum atomic E-state index is -0.425. The van der Waals surface area contributed by atoms with Crippen molar-refractivity contribution in [1.82, 2.24) is 14.8 Å². The molecule has 2 rings (SSSR count). The van der Waals surface area contributed by atoms with Gasteiger partial charge in [-0.15, -0.1) is 0 Å². The van der Waals surface area contributed by atoms with E-state index < -0.39 is 5.82 Å². The maximum absolute atomic E-state index is 12.8. The highest BCUT2D eigenvalue weighted by Gasteiger charge is 2.22. The molecule has 0 saturated carbocycles. The molecule has 5 nitrogen and oxygen atoms in total. The molecule has 1 saturated heterocycles. The largest absolute Gasteiger partial charge is 0.335 e. The van der Waals surface area contributed by atoms with E-state index in [0.29, 0.717) is 18.8 Å². The van der Waals surface area contributed by atoms with Crippen LogP contribution in [0, 0.1) is 5.82 Å². The highest BCUT2D eigenvalue weighted by molar-refractivity contribution is 5.92. The molecule has 20 heavy (non-hydrogen) atoms. The topological polar surface area (TPSA) is 62.5 Å². The van der Waals surface area contributed by atoms with Crippen molar-refractivity contribution in [2.75, 3.05) is 39.3 Å². The van der Waals surface area contributed by atoms with Gasteiger partial charge in [0, 0.05) is 26.2 Å². The number of nitrogens with zero attached hydrogens (tertiary/aromatic N) is 3. The van der Waals surface area contributed by atoms with E-state index in [2.05, 4.69) is 9.88 Å². The molecule has 1 amide bonds. The van der Waals surface area contributed by atoms with Gasteiger partial charge >= 0.3 is 0 Å². The summed E-state index contributed by atoms with van der Waals surface area (Å²) < 4.78 is 12.8. The van der Waals surface area contributed by atoms with E-state index in [9.17, 15) is 9.18 Å². The van der Waals surface area contributed by atoms with Crippen LogP contribution >= 0.6 is 0 Å². The molecule has 110 valence electrons. The molecule has 1 aliphatic rings. The number of carbonyl (C=O) groups is 1. The van der Waals surface area contributed by atoms with E-state index in [0.717, 1.165) is 45.2 Å². The number of hydrogen-bond acceptors (Lipinski definition) is 4. The van der Waals surface area contributed by atoms with Gasteiger partial charge < -0.3 is 10.6 Å². The SMILES string of the molecule is NCCCCN1CCN(C(=O)c2ccc(F)cn2)CC1. The normalized spacial score (nSPS) is 16.4. The Morgan fingerprint density at radius 2 is 2.00 bits per heavy atom. The number of aromatic nitrogens is 1. The maximum atomic E-state index is 12.8. The van der Waals surface area contributed by atoms with Crippen LogP contribution in [-0.4, -0.2) is 60.0 Å². The van der Waals surface area contributed by atoms with Gasteiger partial charge in [0.15, 0.2) is 0 Å². The summed E-state index contributed by atoms with van der Waals surface area (Å²) >= 11 is 0. The Balaban J connectivity index is 1.81. The number of halogens is 1. The number of unbranched alkanes of at least 4 members (excludes halogenated alkanes) is 1. The van der Waals surface area contributed by atoms with Crippen molar-refractivity contribution in [2.45, 2.75) is 12.8 Å². The fourth-order valence-electron chi connectivity index (χ4n) is 2.32. The van der Waals surface area contributed by atoms with E-state index in [-0.39, 0.29) is 5.91 Å². The third kappa shape index (κ3) is 3.98. The predicted octanol–water partition coefficient (Wildman–Crippen LogP) is 0.717. The molecule has 1 aromatic heterocycles. The number of nitrogens with two attached hydrogens (primary N) is 1. The lowest BCUT2D eigenvalue weighted by molar-refractivity contribution is 0.0629. The molecule has 0 aliphatic carbocycles.